The second kappa shape index (κ2) is 4.13. The van der Waals surface area contributed by atoms with Gasteiger partial charge in [0.25, 0.3) is 0 Å². The van der Waals surface area contributed by atoms with Crippen molar-refractivity contribution >= 4 is 0 Å². The van der Waals surface area contributed by atoms with E-state index in [0.717, 1.165) is 12.8 Å². The lowest BCUT2D eigenvalue weighted by atomic mass is 9.73. The number of rotatable bonds is 1. The highest BCUT2D eigenvalue weighted by molar-refractivity contribution is 5.28. The van der Waals surface area contributed by atoms with Crippen LogP contribution in [0.3, 0.4) is 0 Å². The third-order valence-electron chi connectivity index (χ3n) is 3.63. The van der Waals surface area contributed by atoms with Crippen LogP contribution in [-0.2, 0) is 5.54 Å². The van der Waals surface area contributed by atoms with Crippen LogP contribution in [0.4, 0.5) is 8.78 Å². The Hall–Kier alpha value is -0.960. The molecule has 2 N–H and O–H groups in total. The Balaban J connectivity index is 2.36. The molecule has 1 fully saturated rings. The van der Waals surface area contributed by atoms with Crippen molar-refractivity contribution in [1.29, 1.82) is 0 Å². The maximum Gasteiger partial charge on any atom is 0.131 e. The summed E-state index contributed by atoms with van der Waals surface area (Å²) in [4.78, 5) is 0. The topological polar surface area (TPSA) is 26.0 Å². The molecule has 3 heteroatoms. The second-order valence-electron chi connectivity index (χ2n) is 4.94. The predicted octanol–water partition coefficient (Wildman–Crippen LogP) is 3.33. The van der Waals surface area contributed by atoms with Crippen LogP contribution in [0.15, 0.2) is 18.2 Å². The van der Waals surface area contributed by atoms with E-state index in [0.29, 0.717) is 18.8 Å². The molecule has 0 unspecified atom stereocenters. The lowest BCUT2D eigenvalue weighted by molar-refractivity contribution is 0.235. The van der Waals surface area contributed by atoms with Crippen LogP contribution in [0, 0.1) is 17.6 Å². The summed E-state index contributed by atoms with van der Waals surface area (Å²) in [6.45, 7) is 2.15. The first-order valence-corrected chi connectivity index (χ1v) is 5.76. The van der Waals surface area contributed by atoms with Crippen molar-refractivity contribution in [2.75, 3.05) is 0 Å². The van der Waals surface area contributed by atoms with E-state index >= 15 is 0 Å². The van der Waals surface area contributed by atoms with Gasteiger partial charge in [0.1, 0.15) is 11.6 Å². The molecule has 1 aliphatic carbocycles. The molecule has 88 valence electrons. The molecular formula is C13H17F2N. The quantitative estimate of drug-likeness (QED) is 0.779. The van der Waals surface area contributed by atoms with E-state index in [9.17, 15) is 8.78 Å². The van der Waals surface area contributed by atoms with Crippen molar-refractivity contribution in [3.8, 4) is 0 Å². The van der Waals surface area contributed by atoms with Crippen LogP contribution in [0.5, 0.6) is 0 Å². The Morgan fingerprint density at radius 1 is 1.19 bits per heavy atom. The molecular weight excluding hydrogens is 208 g/mol. The minimum atomic E-state index is -0.818. The van der Waals surface area contributed by atoms with Gasteiger partial charge in [0.15, 0.2) is 0 Å². The molecule has 0 amide bonds. The minimum absolute atomic E-state index is 0.0712. The van der Waals surface area contributed by atoms with Crippen LogP contribution in [0.2, 0.25) is 0 Å². The number of halogens is 2. The molecule has 1 nitrogen and oxygen atoms in total. The molecule has 2 rings (SSSR count). The first kappa shape index (κ1) is 11.5. The van der Waals surface area contributed by atoms with E-state index in [1.54, 1.807) is 0 Å². The normalized spacial score (nSPS) is 30.4. The summed E-state index contributed by atoms with van der Waals surface area (Å²) in [5.74, 6) is -0.430. The zero-order valence-electron chi connectivity index (χ0n) is 9.47. The fourth-order valence-electron chi connectivity index (χ4n) is 2.50. The van der Waals surface area contributed by atoms with Crippen LogP contribution in [0.1, 0.15) is 38.2 Å². The summed E-state index contributed by atoms with van der Waals surface area (Å²) in [5.41, 5.74) is 5.42. The molecule has 0 saturated heterocycles. The fourth-order valence-corrected chi connectivity index (χ4v) is 2.50. The molecule has 0 aromatic heterocycles. The van der Waals surface area contributed by atoms with Crippen molar-refractivity contribution < 1.29 is 8.78 Å². The van der Waals surface area contributed by atoms with Gasteiger partial charge in [-0.05, 0) is 43.7 Å². The van der Waals surface area contributed by atoms with Gasteiger partial charge in [-0.3, -0.25) is 0 Å². The van der Waals surface area contributed by atoms with E-state index < -0.39 is 17.2 Å². The highest BCUT2D eigenvalue weighted by Crippen LogP contribution is 2.39. The smallest absolute Gasteiger partial charge is 0.131 e. The van der Waals surface area contributed by atoms with Crippen molar-refractivity contribution in [2.45, 2.75) is 38.1 Å². The molecule has 1 saturated carbocycles. The van der Waals surface area contributed by atoms with E-state index in [2.05, 4.69) is 6.92 Å². The second-order valence-corrected chi connectivity index (χ2v) is 4.94. The fraction of sp³-hybridized carbons (Fsp3) is 0.538. The number of hydrogen-bond donors (Lipinski definition) is 1. The zero-order chi connectivity index (χ0) is 11.8. The van der Waals surface area contributed by atoms with E-state index in [1.807, 2.05) is 0 Å². The van der Waals surface area contributed by atoms with Gasteiger partial charge >= 0.3 is 0 Å². The first-order chi connectivity index (χ1) is 7.53. The van der Waals surface area contributed by atoms with Crippen LogP contribution < -0.4 is 5.73 Å². The third kappa shape index (κ3) is 1.96. The van der Waals surface area contributed by atoms with Gasteiger partial charge in [0, 0.05) is 11.1 Å². The van der Waals surface area contributed by atoms with Gasteiger partial charge in [-0.2, -0.15) is 0 Å². The van der Waals surface area contributed by atoms with Crippen molar-refractivity contribution in [2.24, 2.45) is 11.7 Å². The summed E-state index contributed by atoms with van der Waals surface area (Å²) in [6, 6.07) is 3.94. The highest BCUT2D eigenvalue weighted by atomic mass is 19.1. The highest BCUT2D eigenvalue weighted by Gasteiger charge is 2.36. The molecule has 16 heavy (non-hydrogen) atoms. The lowest BCUT2D eigenvalue weighted by Crippen LogP contribution is -2.41. The number of hydrogen-bond acceptors (Lipinski definition) is 1. The Bertz CT molecular complexity index is 361. The molecule has 1 aromatic carbocycles. The summed E-state index contributed by atoms with van der Waals surface area (Å²) in [5, 5.41) is 0. The van der Waals surface area contributed by atoms with E-state index in [1.165, 1.54) is 18.2 Å². The van der Waals surface area contributed by atoms with Crippen molar-refractivity contribution in [3.63, 3.8) is 0 Å². The van der Waals surface area contributed by atoms with E-state index in [4.69, 9.17) is 5.73 Å². The van der Waals surface area contributed by atoms with Crippen LogP contribution in [-0.4, -0.2) is 0 Å². The standard InChI is InChI=1S/C13H17F2N/c1-9-5-7-13(16,8-6-9)12-10(14)3-2-4-11(12)15/h2-4,9H,5-8,16H2,1H3. The minimum Gasteiger partial charge on any atom is -0.321 e. The molecule has 1 aliphatic rings. The summed E-state index contributed by atoms with van der Waals surface area (Å²) in [6.07, 6.45) is 3.19. The molecule has 1 aromatic rings. The summed E-state index contributed by atoms with van der Waals surface area (Å²) >= 11 is 0. The average Bonchev–Trinajstić information content (AvgIpc) is 2.23. The average molecular weight is 225 g/mol. The van der Waals surface area contributed by atoms with Gasteiger partial charge in [0.2, 0.25) is 0 Å². The van der Waals surface area contributed by atoms with Crippen molar-refractivity contribution in [3.05, 3.63) is 35.4 Å². The molecule has 0 radical (unpaired) electrons. The Kier molecular flexibility index (Phi) is 2.98. The van der Waals surface area contributed by atoms with Gasteiger partial charge in [-0.15, -0.1) is 0 Å². The predicted molar refractivity (Wildman–Crippen MR) is 59.9 cm³/mol. The molecule has 0 bridgehead atoms. The Morgan fingerprint density at radius 3 is 2.19 bits per heavy atom. The summed E-state index contributed by atoms with van der Waals surface area (Å²) < 4.78 is 27.3. The molecule has 0 spiro atoms. The third-order valence-corrected chi connectivity index (χ3v) is 3.63. The maximum absolute atomic E-state index is 13.7. The monoisotopic (exact) mass is 225 g/mol. The van der Waals surface area contributed by atoms with Crippen molar-refractivity contribution in [1.82, 2.24) is 0 Å². The first-order valence-electron chi connectivity index (χ1n) is 5.76. The molecule has 0 aliphatic heterocycles. The van der Waals surface area contributed by atoms with Gasteiger partial charge in [0.05, 0.1) is 0 Å². The van der Waals surface area contributed by atoms with Gasteiger partial charge < -0.3 is 5.73 Å². The van der Waals surface area contributed by atoms with Gasteiger partial charge in [-0.25, -0.2) is 8.78 Å². The Morgan fingerprint density at radius 2 is 1.69 bits per heavy atom. The van der Waals surface area contributed by atoms with Crippen LogP contribution in [0.25, 0.3) is 0 Å². The lowest BCUT2D eigenvalue weighted by Gasteiger charge is -2.36. The SMILES string of the molecule is CC1CCC(N)(c2c(F)cccc2F)CC1. The zero-order valence-corrected chi connectivity index (χ0v) is 9.47. The number of nitrogens with two attached hydrogens (primary N) is 1. The number of benzene rings is 1. The Labute approximate surface area is 94.7 Å². The van der Waals surface area contributed by atoms with Gasteiger partial charge in [-0.1, -0.05) is 13.0 Å². The molecule has 0 heterocycles. The molecule has 0 atom stereocenters. The van der Waals surface area contributed by atoms with Crippen LogP contribution >= 0.6 is 0 Å². The summed E-state index contributed by atoms with van der Waals surface area (Å²) in [7, 11) is 0. The largest absolute Gasteiger partial charge is 0.321 e. The maximum atomic E-state index is 13.7. The van der Waals surface area contributed by atoms with E-state index in [-0.39, 0.29) is 5.56 Å².